The maximum atomic E-state index is 12.9. The molecule has 0 saturated carbocycles. The maximum absolute atomic E-state index is 12.9. The first-order chi connectivity index (χ1) is 15.1. The van der Waals surface area contributed by atoms with Crippen molar-refractivity contribution in [2.24, 2.45) is 0 Å². The molecule has 0 aliphatic rings. The van der Waals surface area contributed by atoms with Crippen molar-refractivity contribution in [1.82, 2.24) is 0 Å². The van der Waals surface area contributed by atoms with E-state index in [4.69, 9.17) is 4.42 Å². The molecule has 1 amide bonds. The van der Waals surface area contributed by atoms with Crippen LogP contribution in [0, 0.1) is 6.92 Å². The molecule has 5 aromatic rings. The number of para-hydroxylation sites is 1. The van der Waals surface area contributed by atoms with Crippen molar-refractivity contribution in [2.45, 2.75) is 6.92 Å². The van der Waals surface area contributed by atoms with Gasteiger partial charge in [0.05, 0.1) is 5.56 Å². The predicted molar refractivity (Wildman–Crippen MR) is 125 cm³/mol. The highest BCUT2D eigenvalue weighted by molar-refractivity contribution is 6.13. The lowest BCUT2D eigenvalue weighted by atomic mass is 10.00. The van der Waals surface area contributed by atoms with Crippen LogP contribution in [0.1, 0.15) is 15.9 Å². The van der Waals surface area contributed by atoms with E-state index in [0.29, 0.717) is 22.4 Å². The van der Waals surface area contributed by atoms with E-state index in [-0.39, 0.29) is 11.5 Å². The highest BCUT2D eigenvalue weighted by atomic mass is 16.4. The molecule has 1 aromatic heterocycles. The lowest BCUT2D eigenvalue weighted by Gasteiger charge is -2.11. The molecule has 1 heterocycles. The summed E-state index contributed by atoms with van der Waals surface area (Å²) < 4.78 is 5.47. The van der Waals surface area contributed by atoms with Crippen LogP contribution in [0.4, 0.5) is 5.69 Å². The number of carbonyl (C=O) groups excluding carboxylic acids is 1. The fourth-order valence-corrected chi connectivity index (χ4v) is 3.92. The zero-order valence-electron chi connectivity index (χ0n) is 16.9. The summed E-state index contributed by atoms with van der Waals surface area (Å²) in [6.45, 7) is 1.91. The van der Waals surface area contributed by atoms with E-state index in [1.807, 2.05) is 85.8 Å². The molecule has 31 heavy (non-hydrogen) atoms. The normalized spacial score (nSPS) is 11.0. The van der Waals surface area contributed by atoms with Gasteiger partial charge in [0.1, 0.15) is 5.58 Å². The van der Waals surface area contributed by atoms with Crippen LogP contribution >= 0.6 is 0 Å². The summed E-state index contributed by atoms with van der Waals surface area (Å²) in [5, 5.41) is 5.76. The summed E-state index contributed by atoms with van der Waals surface area (Å²) >= 11 is 0. The number of aryl methyl sites for hydroxylation is 1. The van der Waals surface area contributed by atoms with Gasteiger partial charge in [-0.3, -0.25) is 4.79 Å². The summed E-state index contributed by atoms with van der Waals surface area (Å²) in [7, 11) is 0. The Balaban J connectivity index is 1.48. The average molecular weight is 405 g/mol. The number of hydrogen-bond donors (Lipinski definition) is 1. The summed E-state index contributed by atoms with van der Waals surface area (Å²) in [5.41, 5.74) is 3.63. The quantitative estimate of drug-likeness (QED) is 0.365. The number of nitrogens with one attached hydrogen (secondary N) is 1. The van der Waals surface area contributed by atoms with Gasteiger partial charge < -0.3 is 9.73 Å². The van der Waals surface area contributed by atoms with Crippen molar-refractivity contribution >= 4 is 33.3 Å². The smallest absolute Gasteiger partial charge is 0.344 e. The monoisotopic (exact) mass is 405 g/mol. The number of hydrogen-bond acceptors (Lipinski definition) is 3. The molecule has 0 aliphatic heterocycles. The van der Waals surface area contributed by atoms with Crippen LogP contribution in [-0.4, -0.2) is 5.91 Å². The number of carbonyl (C=O) groups is 1. The minimum absolute atomic E-state index is 0.172. The molecular formula is C27H19NO3. The molecule has 1 N–H and O–H groups in total. The van der Waals surface area contributed by atoms with Gasteiger partial charge in [-0.15, -0.1) is 0 Å². The van der Waals surface area contributed by atoms with Crippen molar-refractivity contribution in [3.05, 3.63) is 113 Å². The second-order valence-electron chi connectivity index (χ2n) is 7.50. The van der Waals surface area contributed by atoms with Crippen LogP contribution in [0.25, 0.3) is 32.9 Å². The molecule has 0 bridgehead atoms. The van der Waals surface area contributed by atoms with E-state index in [1.165, 1.54) is 0 Å². The van der Waals surface area contributed by atoms with Gasteiger partial charge in [0.15, 0.2) is 0 Å². The Morgan fingerprint density at radius 3 is 2.35 bits per heavy atom. The van der Waals surface area contributed by atoms with Gasteiger partial charge in [0.2, 0.25) is 0 Å². The van der Waals surface area contributed by atoms with Crippen LogP contribution in [0.2, 0.25) is 0 Å². The Morgan fingerprint density at radius 1 is 0.774 bits per heavy atom. The molecule has 150 valence electrons. The van der Waals surface area contributed by atoms with Gasteiger partial charge in [-0.05, 0) is 59.2 Å². The summed E-state index contributed by atoms with van der Waals surface area (Å²) in [6, 6.07) is 28.3. The number of anilines is 1. The molecule has 5 rings (SSSR count). The lowest BCUT2D eigenvalue weighted by molar-refractivity contribution is 0.102. The van der Waals surface area contributed by atoms with Gasteiger partial charge in [-0.1, -0.05) is 60.7 Å². The standard InChI is InChI=1S/C27H19NO3/c1-17-15-20(28-26(29)23-11-6-9-18-7-2-4-10-22(18)23)13-14-21(17)24-16-19-8-3-5-12-25(19)31-27(24)30/h2-16H,1H3,(H,28,29). The molecule has 0 saturated heterocycles. The van der Waals surface area contributed by atoms with Crippen molar-refractivity contribution in [2.75, 3.05) is 5.32 Å². The molecule has 4 aromatic carbocycles. The van der Waals surface area contributed by atoms with E-state index in [9.17, 15) is 9.59 Å². The van der Waals surface area contributed by atoms with Gasteiger partial charge >= 0.3 is 5.63 Å². The molecule has 0 aliphatic carbocycles. The zero-order valence-corrected chi connectivity index (χ0v) is 16.9. The fraction of sp³-hybridized carbons (Fsp3) is 0.0370. The topological polar surface area (TPSA) is 59.3 Å². The molecule has 0 unspecified atom stereocenters. The second-order valence-corrected chi connectivity index (χ2v) is 7.50. The van der Waals surface area contributed by atoms with Gasteiger partial charge in [-0.25, -0.2) is 4.79 Å². The molecule has 0 fully saturated rings. The van der Waals surface area contributed by atoms with E-state index in [2.05, 4.69) is 5.32 Å². The number of fused-ring (bicyclic) bond motifs is 2. The van der Waals surface area contributed by atoms with E-state index < -0.39 is 0 Å². The third-order valence-electron chi connectivity index (χ3n) is 5.45. The fourth-order valence-electron chi connectivity index (χ4n) is 3.92. The third-order valence-corrected chi connectivity index (χ3v) is 5.45. The van der Waals surface area contributed by atoms with Crippen LogP contribution in [-0.2, 0) is 0 Å². The second kappa shape index (κ2) is 7.58. The first-order valence-electron chi connectivity index (χ1n) is 10.0. The minimum atomic E-state index is -0.380. The molecular weight excluding hydrogens is 386 g/mol. The maximum Gasteiger partial charge on any atom is 0.344 e. The molecule has 4 nitrogen and oxygen atoms in total. The van der Waals surface area contributed by atoms with Gasteiger partial charge in [0.25, 0.3) is 5.91 Å². The Morgan fingerprint density at radius 2 is 1.52 bits per heavy atom. The number of benzene rings is 4. The molecule has 0 spiro atoms. The Kier molecular flexibility index (Phi) is 4.60. The van der Waals surface area contributed by atoms with Crippen LogP contribution < -0.4 is 10.9 Å². The predicted octanol–water partition coefficient (Wildman–Crippen LogP) is 6.17. The first-order valence-corrected chi connectivity index (χ1v) is 10.0. The Hall–Kier alpha value is -4.18. The largest absolute Gasteiger partial charge is 0.422 e. The van der Waals surface area contributed by atoms with E-state index in [0.717, 1.165) is 27.3 Å². The summed E-state index contributed by atoms with van der Waals surface area (Å²) in [6.07, 6.45) is 0. The highest BCUT2D eigenvalue weighted by Crippen LogP contribution is 2.27. The zero-order chi connectivity index (χ0) is 21.4. The molecule has 4 heteroatoms. The number of amides is 1. The van der Waals surface area contributed by atoms with Gasteiger partial charge in [-0.2, -0.15) is 0 Å². The number of rotatable bonds is 3. The lowest BCUT2D eigenvalue weighted by Crippen LogP contribution is -2.12. The van der Waals surface area contributed by atoms with Crippen molar-refractivity contribution in [1.29, 1.82) is 0 Å². The molecule has 0 atom stereocenters. The SMILES string of the molecule is Cc1cc(NC(=O)c2cccc3ccccc23)ccc1-c1cc2ccccc2oc1=O. The van der Waals surface area contributed by atoms with Crippen molar-refractivity contribution in [3.63, 3.8) is 0 Å². The first kappa shape index (κ1) is 18.8. The van der Waals surface area contributed by atoms with Crippen LogP contribution in [0.15, 0.2) is 100 Å². The summed E-state index contributed by atoms with van der Waals surface area (Å²) in [4.78, 5) is 25.4. The van der Waals surface area contributed by atoms with Crippen LogP contribution in [0.5, 0.6) is 0 Å². The van der Waals surface area contributed by atoms with Crippen molar-refractivity contribution < 1.29 is 9.21 Å². The highest BCUT2D eigenvalue weighted by Gasteiger charge is 2.13. The summed E-state index contributed by atoms with van der Waals surface area (Å²) in [5.74, 6) is -0.172. The Labute approximate surface area is 178 Å². The average Bonchev–Trinajstić information content (AvgIpc) is 2.78. The molecule has 0 radical (unpaired) electrons. The minimum Gasteiger partial charge on any atom is -0.422 e. The third kappa shape index (κ3) is 3.49. The van der Waals surface area contributed by atoms with Crippen LogP contribution in [0.3, 0.4) is 0 Å². The van der Waals surface area contributed by atoms with Crippen molar-refractivity contribution in [3.8, 4) is 11.1 Å². The van der Waals surface area contributed by atoms with Gasteiger partial charge in [0, 0.05) is 16.6 Å². The van der Waals surface area contributed by atoms with E-state index in [1.54, 1.807) is 12.1 Å². The Bertz CT molecular complexity index is 1510. The van der Waals surface area contributed by atoms with E-state index >= 15 is 0 Å².